The van der Waals surface area contributed by atoms with E-state index in [2.05, 4.69) is 35.9 Å². The molecule has 116 valence electrons. The van der Waals surface area contributed by atoms with Gasteiger partial charge in [-0.15, -0.1) is 0 Å². The van der Waals surface area contributed by atoms with Crippen molar-refractivity contribution >= 4 is 11.8 Å². The van der Waals surface area contributed by atoms with Gasteiger partial charge in [-0.3, -0.25) is 4.90 Å². The highest BCUT2D eigenvalue weighted by molar-refractivity contribution is 7.99. The highest BCUT2D eigenvalue weighted by atomic mass is 32.2. The first-order valence-corrected chi connectivity index (χ1v) is 9.54. The van der Waals surface area contributed by atoms with E-state index in [0.717, 1.165) is 18.7 Å². The van der Waals surface area contributed by atoms with Gasteiger partial charge in [0.15, 0.2) is 0 Å². The molecule has 1 N–H and O–H groups in total. The smallest absolute Gasteiger partial charge is 0.0795 e. The summed E-state index contributed by atoms with van der Waals surface area (Å²) >= 11 is 2.08. The third-order valence-electron chi connectivity index (χ3n) is 5.63. The van der Waals surface area contributed by atoms with Crippen molar-refractivity contribution in [1.82, 2.24) is 10.2 Å². The minimum absolute atomic E-state index is 0.221. The lowest BCUT2D eigenvalue weighted by Gasteiger charge is -2.48. The average Bonchev–Trinajstić information content (AvgIpc) is 2.94. The van der Waals surface area contributed by atoms with Gasteiger partial charge in [0.1, 0.15) is 0 Å². The van der Waals surface area contributed by atoms with Gasteiger partial charge in [-0.2, -0.15) is 11.8 Å². The lowest BCUT2D eigenvalue weighted by Crippen LogP contribution is -2.57. The quantitative estimate of drug-likeness (QED) is 0.865. The Kier molecular flexibility index (Phi) is 4.96. The Hall–Kier alpha value is 0.230. The second-order valence-corrected chi connectivity index (χ2v) is 7.96. The molecule has 1 spiro atoms. The van der Waals surface area contributed by atoms with E-state index in [1.807, 2.05) is 0 Å². The van der Waals surface area contributed by atoms with E-state index in [9.17, 15) is 0 Å². The number of thioether (sulfide) groups is 1. The van der Waals surface area contributed by atoms with Crippen LogP contribution in [0.5, 0.6) is 0 Å². The second-order valence-electron chi connectivity index (χ2n) is 6.86. The summed E-state index contributed by atoms with van der Waals surface area (Å²) in [6.45, 7) is 4.62. The summed E-state index contributed by atoms with van der Waals surface area (Å²) in [7, 11) is 2.11. The molecule has 3 saturated heterocycles. The molecule has 3 aliphatic rings. The number of hydrogen-bond acceptors (Lipinski definition) is 4. The fourth-order valence-corrected chi connectivity index (χ4v) is 5.69. The minimum Gasteiger partial charge on any atom is -0.374 e. The monoisotopic (exact) mass is 298 g/mol. The van der Waals surface area contributed by atoms with Crippen molar-refractivity contribution in [1.29, 1.82) is 0 Å². The van der Waals surface area contributed by atoms with Crippen molar-refractivity contribution in [3.05, 3.63) is 0 Å². The number of likely N-dealkylation sites (N-methyl/N-ethyl adjacent to an activating group) is 1. The molecule has 4 unspecified atom stereocenters. The molecule has 0 aromatic carbocycles. The molecule has 0 bridgehead atoms. The molecule has 0 amide bonds. The normalized spacial score (nSPS) is 41.1. The van der Waals surface area contributed by atoms with Crippen molar-refractivity contribution in [3.8, 4) is 0 Å². The summed E-state index contributed by atoms with van der Waals surface area (Å²) in [6, 6.07) is 2.08. The standard InChI is InChI=1S/C16H30N2OS/c1-13(17-2)15-5-3-4-8-18(15)14-6-9-19-16(11-14)7-10-20-12-16/h13-15,17H,3-12H2,1-2H3. The van der Waals surface area contributed by atoms with Crippen molar-refractivity contribution in [2.45, 2.75) is 69.2 Å². The summed E-state index contributed by atoms with van der Waals surface area (Å²) in [5.41, 5.74) is 0.221. The Balaban J connectivity index is 1.69. The number of piperidine rings is 1. The van der Waals surface area contributed by atoms with Crippen LogP contribution >= 0.6 is 11.8 Å². The first-order chi connectivity index (χ1) is 9.74. The van der Waals surface area contributed by atoms with E-state index in [4.69, 9.17) is 4.74 Å². The molecule has 0 radical (unpaired) electrons. The van der Waals surface area contributed by atoms with E-state index < -0.39 is 0 Å². The molecule has 3 aliphatic heterocycles. The molecule has 3 rings (SSSR count). The highest BCUT2D eigenvalue weighted by Crippen LogP contribution is 2.40. The van der Waals surface area contributed by atoms with Crippen molar-refractivity contribution in [3.63, 3.8) is 0 Å². The SMILES string of the molecule is CNC(C)C1CCCCN1C1CCOC2(CCSC2)C1. The van der Waals surface area contributed by atoms with Crippen LogP contribution in [0, 0.1) is 0 Å². The van der Waals surface area contributed by atoms with Crippen LogP contribution in [0.1, 0.15) is 45.4 Å². The number of hydrogen-bond donors (Lipinski definition) is 1. The molecule has 0 aromatic rings. The number of nitrogens with one attached hydrogen (secondary N) is 1. The van der Waals surface area contributed by atoms with Gasteiger partial charge in [-0.1, -0.05) is 6.42 Å². The summed E-state index contributed by atoms with van der Waals surface area (Å²) in [6.07, 6.45) is 7.92. The largest absolute Gasteiger partial charge is 0.374 e. The molecule has 20 heavy (non-hydrogen) atoms. The first kappa shape index (κ1) is 15.1. The van der Waals surface area contributed by atoms with Crippen LogP contribution in [-0.2, 0) is 4.74 Å². The van der Waals surface area contributed by atoms with Crippen LogP contribution in [0.3, 0.4) is 0 Å². The molecule has 0 aromatic heterocycles. The van der Waals surface area contributed by atoms with Gasteiger partial charge in [0.2, 0.25) is 0 Å². The maximum Gasteiger partial charge on any atom is 0.0795 e. The van der Waals surface area contributed by atoms with Crippen molar-refractivity contribution in [2.24, 2.45) is 0 Å². The molecule has 0 aliphatic carbocycles. The molecule has 4 heteroatoms. The Morgan fingerprint density at radius 2 is 2.25 bits per heavy atom. The number of likely N-dealkylation sites (tertiary alicyclic amines) is 1. The van der Waals surface area contributed by atoms with E-state index in [1.165, 1.54) is 56.6 Å². The zero-order chi connectivity index (χ0) is 14.0. The maximum atomic E-state index is 6.21. The Bertz CT molecular complexity index is 320. The average molecular weight is 298 g/mol. The van der Waals surface area contributed by atoms with E-state index in [1.54, 1.807) is 0 Å². The van der Waals surface area contributed by atoms with Gasteiger partial charge in [0.05, 0.1) is 5.60 Å². The van der Waals surface area contributed by atoms with Gasteiger partial charge < -0.3 is 10.1 Å². The van der Waals surface area contributed by atoms with Crippen LogP contribution in [0.15, 0.2) is 0 Å². The Morgan fingerprint density at radius 3 is 3.00 bits per heavy atom. The van der Waals surface area contributed by atoms with Gasteiger partial charge in [-0.05, 0) is 58.4 Å². The molecule has 3 nitrogen and oxygen atoms in total. The van der Waals surface area contributed by atoms with Gasteiger partial charge >= 0.3 is 0 Å². The summed E-state index contributed by atoms with van der Waals surface area (Å²) < 4.78 is 6.21. The fourth-order valence-electron chi connectivity index (χ4n) is 4.31. The van der Waals surface area contributed by atoms with Gasteiger partial charge in [0, 0.05) is 30.5 Å². The lowest BCUT2D eigenvalue weighted by atomic mass is 9.85. The molecule has 3 heterocycles. The fraction of sp³-hybridized carbons (Fsp3) is 1.00. The third kappa shape index (κ3) is 3.03. The van der Waals surface area contributed by atoms with E-state index in [-0.39, 0.29) is 5.60 Å². The van der Waals surface area contributed by atoms with Crippen LogP contribution < -0.4 is 5.32 Å². The molecular weight excluding hydrogens is 268 g/mol. The summed E-state index contributed by atoms with van der Waals surface area (Å²) in [4.78, 5) is 2.83. The van der Waals surface area contributed by atoms with Crippen LogP contribution in [0.25, 0.3) is 0 Å². The van der Waals surface area contributed by atoms with Crippen LogP contribution in [0.4, 0.5) is 0 Å². The predicted octanol–water partition coefficient (Wildman–Crippen LogP) is 2.50. The Labute approximate surface area is 128 Å². The summed E-state index contributed by atoms with van der Waals surface area (Å²) in [5, 5.41) is 3.49. The van der Waals surface area contributed by atoms with E-state index in [0.29, 0.717) is 6.04 Å². The highest BCUT2D eigenvalue weighted by Gasteiger charge is 2.43. The first-order valence-electron chi connectivity index (χ1n) is 8.39. The molecular formula is C16H30N2OS. The topological polar surface area (TPSA) is 24.5 Å². The Morgan fingerprint density at radius 1 is 1.35 bits per heavy atom. The zero-order valence-corrected chi connectivity index (χ0v) is 13.9. The van der Waals surface area contributed by atoms with Crippen LogP contribution in [-0.4, -0.2) is 60.3 Å². The molecule has 0 saturated carbocycles. The van der Waals surface area contributed by atoms with Crippen molar-refractivity contribution < 1.29 is 4.74 Å². The van der Waals surface area contributed by atoms with Gasteiger partial charge in [-0.25, -0.2) is 0 Å². The lowest BCUT2D eigenvalue weighted by molar-refractivity contribution is -0.100. The van der Waals surface area contributed by atoms with E-state index >= 15 is 0 Å². The van der Waals surface area contributed by atoms with Crippen molar-refractivity contribution in [2.75, 3.05) is 31.7 Å². The number of nitrogens with zero attached hydrogens (tertiary/aromatic N) is 1. The zero-order valence-electron chi connectivity index (χ0n) is 13.1. The minimum atomic E-state index is 0.221. The molecule has 3 fully saturated rings. The number of rotatable bonds is 3. The number of ether oxygens (including phenoxy) is 1. The third-order valence-corrected chi connectivity index (χ3v) is 6.85. The van der Waals surface area contributed by atoms with Crippen LogP contribution in [0.2, 0.25) is 0 Å². The van der Waals surface area contributed by atoms with Gasteiger partial charge in [0.25, 0.3) is 0 Å². The maximum absolute atomic E-state index is 6.21. The predicted molar refractivity (Wildman–Crippen MR) is 86.5 cm³/mol. The molecule has 4 atom stereocenters. The summed E-state index contributed by atoms with van der Waals surface area (Å²) in [5.74, 6) is 2.52. The second kappa shape index (κ2) is 6.55.